The van der Waals surface area contributed by atoms with Crippen LogP contribution in [-0.2, 0) is 9.53 Å². The minimum absolute atomic E-state index is 0.0310. The van der Waals surface area contributed by atoms with Crippen LogP contribution in [0.4, 0.5) is 5.69 Å². The number of anilines is 1. The summed E-state index contributed by atoms with van der Waals surface area (Å²) in [7, 11) is 0. The normalized spacial score (nSPS) is 20.7. The molecule has 1 amide bonds. The van der Waals surface area contributed by atoms with Crippen LogP contribution < -0.4 is 5.32 Å². The number of carbonyl (C=O) groups is 1. The number of benzene rings is 2. The Bertz CT molecular complexity index is 891. The number of fused-ring (bicyclic) bond motifs is 1. The molecule has 2 aromatic carbocycles. The van der Waals surface area contributed by atoms with Crippen molar-refractivity contribution in [3.63, 3.8) is 0 Å². The average Bonchev–Trinajstić information content (AvgIpc) is 2.62. The lowest BCUT2D eigenvalue weighted by molar-refractivity contribution is -0.138. The van der Waals surface area contributed by atoms with E-state index in [1.165, 1.54) is 6.20 Å². The number of amides is 1. The Balaban J connectivity index is 1.83. The predicted octanol–water partition coefficient (Wildman–Crippen LogP) is 3.00. The van der Waals surface area contributed by atoms with Gasteiger partial charge >= 0.3 is 0 Å². The Morgan fingerprint density at radius 3 is 2.58 bits per heavy atom. The molecule has 0 aliphatic carbocycles. The number of aromatic hydroxyl groups is 1. The molecule has 0 spiro atoms. The monoisotopic (exact) mass is 351 g/mol. The zero-order valence-corrected chi connectivity index (χ0v) is 14.8. The highest BCUT2D eigenvalue weighted by Gasteiger charge is 2.27. The van der Waals surface area contributed by atoms with Gasteiger partial charge in [-0.3, -0.25) is 4.79 Å². The number of hydrogen-bond acceptors (Lipinski definition) is 5. The fourth-order valence-electron chi connectivity index (χ4n) is 3.23. The van der Waals surface area contributed by atoms with Gasteiger partial charge < -0.3 is 20.1 Å². The Kier molecular flexibility index (Phi) is 5.10. The van der Waals surface area contributed by atoms with Crippen LogP contribution in [0.25, 0.3) is 10.8 Å². The van der Waals surface area contributed by atoms with Gasteiger partial charge in [-0.1, -0.05) is 24.3 Å². The second-order valence-corrected chi connectivity index (χ2v) is 6.46. The largest absolute Gasteiger partial charge is 0.507 e. The van der Waals surface area contributed by atoms with Crippen molar-refractivity contribution >= 4 is 22.4 Å². The third-order valence-corrected chi connectivity index (χ3v) is 4.33. The van der Waals surface area contributed by atoms with E-state index >= 15 is 0 Å². The van der Waals surface area contributed by atoms with E-state index < -0.39 is 0 Å². The fourth-order valence-corrected chi connectivity index (χ4v) is 3.23. The SMILES string of the molecule is CC1CN(C(=O)/C(C#N)=C\Nc2cccc3c(O)cccc23)CC(C)O1. The Morgan fingerprint density at radius 1 is 1.23 bits per heavy atom. The maximum atomic E-state index is 12.7. The molecule has 6 nitrogen and oxygen atoms in total. The summed E-state index contributed by atoms with van der Waals surface area (Å²) in [5, 5.41) is 23.9. The maximum Gasteiger partial charge on any atom is 0.266 e. The third kappa shape index (κ3) is 3.63. The van der Waals surface area contributed by atoms with Gasteiger partial charge in [-0.2, -0.15) is 5.26 Å². The molecule has 0 aromatic heterocycles. The summed E-state index contributed by atoms with van der Waals surface area (Å²) in [6, 6.07) is 12.7. The minimum atomic E-state index is -0.315. The molecule has 6 heteroatoms. The molecule has 1 heterocycles. The highest BCUT2D eigenvalue weighted by atomic mass is 16.5. The summed E-state index contributed by atoms with van der Waals surface area (Å²) in [5.41, 5.74) is 0.742. The molecule has 2 unspecified atom stereocenters. The molecule has 2 N–H and O–H groups in total. The topological polar surface area (TPSA) is 85.6 Å². The van der Waals surface area contributed by atoms with E-state index in [0.717, 1.165) is 5.39 Å². The quantitative estimate of drug-likeness (QED) is 0.656. The zero-order chi connectivity index (χ0) is 18.7. The smallest absolute Gasteiger partial charge is 0.266 e. The molecule has 1 saturated heterocycles. The first-order valence-corrected chi connectivity index (χ1v) is 8.52. The average molecular weight is 351 g/mol. The standard InChI is InChI=1S/C20H21N3O3/c1-13-11-23(12-14(2)26-13)20(25)15(9-21)10-22-18-7-3-6-17-16(18)5-4-8-19(17)24/h3-8,10,13-14,22,24H,11-12H2,1-2H3/b15-10-. The molecule has 0 radical (unpaired) electrons. The minimum Gasteiger partial charge on any atom is -0.507 e. The van der Waals surface area contributed by atoms with Crippen LogP contribution in [-0.4, -0.2) is 41.2 Å². The molecule has 26 heavy (non-hydrogen) atoms. The number of ether oxygens (including phenoxy) is 1. The second kappa shape index (κ2) is 7.46. The van der Waals surface area contributed by atoms with Crippen molar-refractivity contribution < 1.29 is 14.6 Å². The molecule has 134 valence electrons. The predicted molar refractivity (Wildman–Crippen MR) is 99.5 cm³/mol. The first kappa shape index (κ1) is 17.8. The second-order valence-electron chi connectivity index (χ2n) is 6.46. The van der Waals surface area contributed by atoms with Crippen LogP contribution in [0.15, 0.2) is 48.2 Å². The number of carbonyl (C=O) groups excluding carboxylic acids is 1. The van der Waals surface area contributed by atoms with Crippen LogP contribution >= 0.6 is 0 Å². The van der Waals surface area contributed by atoms with E-state index in [4.69, 9.17) is 4.74 Å². The lowest BCUT2D eigenvalue weighted by Gasteiger charge is -2.35. The van der Waals surface area contributed by atoms with Crippen molar-refractivity contribution in [1.82, 2.24) is 4.90 Å². The molecule has 1 aliphatic rings. The Hall–Kier alpha value is -3.04. The van der Waals surface area contributed by atoms with Crippen molar-refractivity contribution in [2.45, 2.75) is 26.1 Å². The van der Waals surface area contributed by atoms with Gasteiger partial charge in [0.15, 0.2) is 0 Å². The van der Waals surface area contributed by atoms with E-state index in [2.05, 4.69) is 5.32 Å². The van der Waals surface area contributed by atoms with E-state index in [1.807, 2.05) is 38.1 Å². The van der Waals surface area contributed by atoms with E-state index in [0.29, 0.717) is 24.2 Å². The number of nitriles is 1. The van der Waals surface area contributed by atoms with Crippen molar-refractivity contribution in [2.75, 3.05) is 18.4 Å². The number of nitrogens with one attached hydrogen (secondary N) is 1. The van der Waals surface area contributed by atoms with Crippen LogP contribution in [0, 0.1) is 11.3 Å². The molecular weight excluding hydrogens is 330 g/mol. The molecular formula is C20H21N3O3. The summed E-state index contributed by atoms with van der Waals surface area (Å²) in [6.07, 6.45) is 1.31. The number of nitrogens with zero attached hydrogens (tertiary/aromatic N) is 2. The number of hydrogen-bond donors (Lipinski definition) is 2. The maximum absolute atomic E-state index is 12.7. The molecule has 1 aliphatic heterocycles. The Morgan fingerprint density at radius 2 is 1.88 bits per heavy atom. The summed E-state index contributed by atoms with van der Waals surface area (Å²) in [4.78, 5) is 14.3. The summed E-state index contributed by atoms with van der Waals surface area (Å²) in [5.74, 6) is -0.131. The first-order chi connectivity index (χ1) is 12.5. The van der Waals surface area contributed by atoms with Gasteiger partial charge in [-0.15, -0.1) is 0 Å². The molecule has 1 fully saturated rings. The van der Waals surface area contributed by atoms with Gasteiger partial charge in [0.2, 0.25) is 0 Å². The van der Waals surface area contributed by atoms with Crippen molar-refractivity contribution in [3.8, 4) is 11.8 Å². The number of morpholine rings is 1. The molecule has 0 bridgehead atoms. The molecule has 3 rings (SSSR count). The lowest BCUT2D eigenvalue weighted by Crippen LogP contribution is -2.48. The summed E-state index contributed by atoms with van der Waals surface area (Å²) >= 11 is 0. The van der Waals surface area contributed by atoms with Gasteiger partial charge in [0.25, 0.3) is 5.91 Å². The van der Waals surface area contributed by atoms with Crippen molar-refractivity contribution in [2.24, 2.45) is 0 Å². The third-order valence-electron chi connectivity index (χ3n) is 4.33. The van der Waals surface area contributed by atoms with Crippen molar-refractivity contribution in [3.05, 3.63) is 48.2 Å². The van der Waals surface area contributed by atoms with Crippen LogP contribution in [0.1, 0.15) is 13.8 Å². The summed E-state index contributed by atoms with van der Waals surface area (Å²) in [6.45, 7) is 4.74. The van der Waals surface area contributed by atoms with E-state index in [-0.39, 0.29) is 29.4 Å². The number of rotatable bonds is 3. The van der Waals surface area contributed by atoms with Crippen LogP contribution in [0.5, 0.6) is 5.75 Å². The fraction of sp³-hybridized carbons (Fsp3) is 0.300. The highest BCUT2D eigenvalue weighted by Crippen LogP contribution is 2.29. The number of phenolic OH excluding ortho intramolecular Hbond substituents is 1. The zero-order valence-electron chi connectivity index (χ0n) is 14.8. The summed E-state index contributed by atoms with van der Waals surface area (Å²) < 4.78 is 5.63. The lowest BCUT2D eigenvalue weighted by atomic mass is 10.1. The van der Waals surface area contributed by atoms with Gasteiger partial charge in [-0.05, 0) is 26.0 Å². The Labute approximate surface area is 152 Å². The van der Waals surface area contributed by atoms with Crippen molar-refractivity contribution in [1.29, 1.82) is 5.26 Å². The molecule has 2 atom stereocenters. The van der Waals surface area contributed by atoms with Gasteiger partial charge in [0.1, 0.15) is 17.4 Å². The van der Waals surface area contributed by atoms with Crippen LogP contribution in [0.3, 0.4) is 0 Å². The van der Waals surface area contributed by atoms with Gasteiger partial charge in [-0.25, -0.2) is 0 Å². The van der Waals surface area contributed by atoms with E-state index in [9.17, 15) is 15.2 Å². The van der Waals surface area contributed by atoms with Gasteiger partial charge in [0, 0.05) is 35.7 Å². The van der Waals surface area contributed by atoms with Gasteiger partial charge in [0.05, 0.1) is 12.2 Å². The first-order valence-electron chi connectivity index (χ1n) is 8.52. The number of phenols is 1. The van der Waals surface area contributed by atoms with Crippen LogP contribution in [0.2, 0.25) is 0 Å². The molecule has 2 aromatic rings. The van der Waals surface area contributed by atoms with E-state index in [1.54, 1.807) is 23.1 Å². The highest BCUT2D eigenvalue weighted by molar-refractivity contribution is 6.00. The molecule has 0 saturated carbocycles.